The van der Waals surface area contributed by atoms with Crippen LogP contribution in [0.3, 0.4) is 0 Å². The minimum atomic E-state index is -3.74. The smallest absolute Gasteiger partial charge is 0.307 e. The predicted molar refractivity (Wildman–Crippen MR) is 91.9 cm³/mol. The highest BCUT2D eigenvalue weighted by Gasteiger charge is 2.24. The van der Waals surface area contributed by atoms with Crippen LogP contribution in [0.5, 0.6) is 0 Å². The molecule has 0 saturated carbocycles. The van der Waals surface area contributed by atoms with Gasteiger partial charge in [0.15, 0.2) is 0 Å². The largest absolute Gasteiger partial charge is 0.466 e. The third-order valence-corrected chi connectivity index (χ3v) is 4.99. The molecule has 6 heteroatoms. The number of ether oxygens (including phenoxy) is 1. The number of sulfonamides is 1. The van der Waals surface area contributed by atoms with Crippen LogP contribution in [-0.4, -0.2) is 21.0 Å². The van der Waals surface area contributed by atoms with E-state index in [4.69, 9.17) is 4.74 Å². The van der Waals surface area contributed by atoms with Crippen molar-refractivity contribution in [2.24, 2.45) is 0 Å². The molecule has 0 fully saturated rings. The summed E-state index contributed by atoms with van der Waals surface area (Å²) in [6, 6.07) is 14.8. The monoisotopic (exact) mass is 347 g/mol. The Morgan fingerprint density at radius 2 is 1.71 bits per heavy atom. The van der Waals surface area contributed by atoms with E-state index in [2.05, 4.69) is 4.72 Å². The van der Waals surface area contributed by atoms with Crippen LogP contribution in [0, 0.1) is 6.92 Å². The lowest BCUT2D eigenvalue weighted by molar-refractivity contribution is -0.143. The Morgan fingerprint density at radius 1 is 1.08 bits per heavy atom. The topological polar surface area (TPSA) is 72.5 Å². The number of carbonyl (C=O) groups is 1. The minimum Gasteiger partial charge on any atom is -0.466 e. The standard InChI is InChI=1S/C18H21NO4S/c1-3-23-18(20)13-17(15-11-9-14(2)10-12-15)19-24(21,22)16-7-5-4-6-8-16/h4-12,17,19H,3,13H2,1-2H3/t17-/m1/s1. The molecule has 0 radical (unpaired) electrons. The van der Waals surface area contributed by atoms with Crippen molar-refractivity contribution in [1.82, 2.24) is 4.72 Å². The summed E-state index contributed by atoms with van der Waals surface area (Å²) in [5, 5.41) is 0. The third-order valence-electron chi connectivity index (χ3n) is 3.51. The van der Waals surface area contributed by atoms with Crippen molar-refractivity contribution in [1.29, 1.82) is 0 Å². The second kappa shape index (κ2) is 8.08. The first kappa shape index (κ1) is 18.2. The van der Waals surface area contributed by atoms with Gasteiger partial charge in [0.2, 0.25) is 10.0 Å². The molecular formula is C18H21NO4S. The number of carbonyl (C=O) groups excluding carboxylic acids is 1. The van der Waals surface area contributed by atoms with E-state index >= 15 is 0 Å². The van der Waals surface area contributed by atoms with Gasteiger partial charge in [-0.3, -0.25) is 4.79 Å². The molecule has 0 amide bonds. The van der Waals surface area contributed by atoms with Crippen LogP contribution in [0.2, 0.25) is 0 Å². The van der Waals surface area contributed by atoms with Crippen LogP contribution < -0.4 is 4.72 Å². The molecule has 0 aliphatic heterocycles. The molecule has 24 heavy (non-hydrogen) atoms. The highest BCUT2D eigenvalue weighted by molar-refractivity contribution is 7.89. The average molecular weight is 347 g/mol. The number of nitrogens with one attached hydrogen (secondary N) is 1. The lowest BCUT2D eigenvalue weighted by Gasteiger charge is -2.19. The van der Waals surface area contributed by atoms with Crippen molar-refractivity contribution in [3.8, 4) is 0 Å². The van der Waals surface area contributed by atoms with E-state index in [-0.39, 0.29) is 17.9 Å². The summed E-state index contributed by atoms with van der Waals surface area (Å²) >= 11 is 0. The van der Waals surface area contributed by atoms with Gasteiger partial charge in [-0.15, -0.1) is 0 Å². The Hall–Kier alpha value is -2.18. The fourth-order valence-corrected chi connectivity index (χ4v) is 3.51. The molecule has 0 heterocycles. The molecule has 0 unspecified atom stereocenters. The molecule has 0 aromatic heterocycles. The summed E-state index contributed by atoms with van der Waals surface area (Å²) in [5.74, 6) is -0.446. The maximum Gasteiger partial charge on any atom is 0.307 e. The van der Waals surface area contributed by atoms with Crippen LogP contribution in [0.4, 0.5) is 0 Å². The maximum absolute atomic E-state index is 12.6. The molecule has 0 bridgehead atoms. The predicted octanol–water partition coefficient (Wildman–Crippen LogP) is 2.97. The lowest BCUT2D eigenvalue weighted by Crippen LogP contribution is -2.30. The Morgan fingerprint density at radius 3 is 2.29 bits per heavy atom. The molecule has 5 nitrogen and oxygen atoms in total. The number of rotatable bonds is 7. The van der Waals surface area contributed by atoms with Gasteiger partial charge in [-0.25, -0.2) is 13.1 Å². The van der Waals surface area contributed by atoms with E-state index in [9.17, 15) is 13.2 Å². The zero-order chi connectivity index (χ0) is 17.6. The molecule has 0 aliphatic rings. The van der Waals surface area contributed by atoms with Gasteiger partial charge < -0.3 is 4.74 Å². The normalized spacial score (nSPS) is 12.6. The number of benzene rings is 2. The zero-order valence-electron chi connectivity index (χ0n) is 13.7. The van der Waals surface area contributed by atoms with E-state index < -0.39 is 22.0 Å². The second-order valence-corrected chi connectivity index (χ2v) is 7.12. The quantitative estimate of drug-likeness (QED) is 0.782. The Labute approximate surface area is 142 Å². The first-order valence-electron chi connectivity index (χ1n) is 7.72. The van der Waals surface area contributed by atoms with Crippen LogP contribution >= 0.6 is 0 Å². The Bertz CT molecular complexity index is 770. The van der Waals surface area contributed by atoms with Crippen molar-refractivity contribution in [2.75, 3.05) is 6.61 Å². The first-order valence-corrected chi connectivity index (χ1v) is 9.20. The molecule has 1 atom stereocenters. The SMILES string of the molecule is CCOC(=O)C[C@@H](NS(=O)(=O)c1ccccc1)c1ccc(C)cc1. The molecule has 2 rings (SSSR count). The maximum atomic E-state index is 12.6. The first-order chi connectivity index (χ1) is 11.4. The molecule has 1 N–H and O–H groups in total. The van der Waals surface area contributed by atoms with Crippen molar-refractivity contribution in [2.45, 2.75) is 31.2 Å². The molecule has 2 aromatic carbocycles. The van der Waals surface area contributed by atoms with Crippen LogP contribution in [0.25, 0.3) is 0 Å². The number of hydrogen-bond acceptors (Lipinski definition) is 4. The minimum absolute atomic E-state index is 0.0665. The van der Waals surface area contributed by atoms with Crippen molar-refractivity contribution < 1.29 is 17.9 Å². The summed E-state index contributed by atoms with van der Waals surface area (Å²) < 4.78 is 32.7. The Kier molecular flexibility index (Phi) is 6.11. The van der Waals surface area contributed by atoms with Crippen molar-refractivity contribution >= 4 is 16.0 Å². The Balaban J connectivity index is 2.28. The summed E-state index contributed by atoms with van der Waals surface area (Å²) in [4.78, 5) is 12.0. The molecule has 0 saturated heterocycles. The van der Waals surface area contributed by atoms with Gasteiger partial charge in [-0.1, -0.05) is 48.0 Å². The summed E-state index contributed by atoms with van der Waals surface area (Å²) in [6.07, 6.45) is -0.0665. The number of hydrogen-bond donors (Lipinski definition) is 1. The molecular weight excluding hydrogens is 326 g/mol. The fourth-order valence-electron chi connectivity index (χ4n) is 2.27. The molecule has 0 spiro atoms. The van der Waals surface area contributed by atoms with Gasteiger partial charge in [-0.2, -0.15) is 0 Å². The van der Waals surface area contributed by atoms with E-state index in [0.717, 1.165) is 5.56 Å². The third kappa shape index (κ3) is 4.91. The molecule has 128 valence electrons. The van der Waals surface area contributed by atoms with Crippen LogP contribution in [-0.2, 0) is 19.6 Å². The van der Waals surface area contributed by atoms with Crippen molar-refractivity contribution in [3.63, 3.8) is 0 Å². The van der Waals surface area contributed by atoms with Gasteiger partial charge in [0, 0.05) is 0 Å². The average Bonchev–Trinajstić information content (AvgIpc) is 2.56. The van der Waals surface area contributed by atoms with Gasteiger partial charge in [-0.05, 0) is 31.5 Å². The second-order valence-electron chi connectivity index (χ2n) is 5.41. The van der Waals surface area contributed by atoms with Gasteiger partial charge in [0.1, 0.15) is 0 Å². The summed E-state index contributed by atoms with van der Waals surface area (Å²) in [7, 11) is -3.74. The number of esters is 1. The van der Waals surface area contributed by atoms with Gasteiger partial charge >= 0.3 is 5.97 Å². The van der Waals surface area contributed by atoms with Crippen molar-refractivity contribution in [3.05, 3.63) is 65.7 Å². The summed E-state index contributed by atoms with van der Waals surface area (Å²) in [5.41, 5.74) is 1.77. The lowest BCUT2D eigenvalue weighted by atomic mass is 10.0. The zero-order valence-corrected chi connectivity index (χ0v) is 14.5. The van der Waals surface area contributed by atoms with Crippen LogP contribution in [0.15, 0.2) is 59.5 Å². The highest BCUT2D eigenvalue weighted by Crippen LogP contribution is 2.21. The number of aryl methyl sites for hydroxylation is 1. The van der Waals surface area contributed by atoms with E-state index in [1.807, 2.05) is 31.2 Å². The van der Waals surface area contributed by atoms with E-state index in [0.29, 0.717) is 5.56 Å². The van der Waals surface area contributed by atoms with E-state index in [1.165, 1.54) is 12.1 Å². The van der Waals surface area contributed by atoms with Crippen LogP contribution in [0.1, 0.15) is 30.5 Å². The van der Waals surface area contributed by atoms with Gasteiger partial charge in [0.05, 0.1) is 24.0 Å². The molecule has 0 aliphatic carbocycles. The summed E-state index contributed by atoms with van der Waals surface area (Å²) in [6.45, 7) is 3.91. The molecule has 2 aromatic rings. The fraction of sp³-hybridized carbons (Fsp3) is 0.278. The highest BCUT2D eigenvalue weighted by atomic mass is 32.2. The van der Waals surface area contributed by atoms with Gasteiger partial charge in [0.25, 0.3) is 0 Å². The van der Waals surface area contributed by atoms with E-state index in [1.54, 1.807) is 25.1 Å².